The van der Waals surface area contributed by atoms with Gasteiger partial charge in [-0.05, 0) is 98.8 Å². The number of aromatic nitrogens is 2. The van der Waals surface area contributed by atoms with Gasteiger partial charge in [0.1, 0.15) is 23.5 Å². The summed E-state index contributed by atoms with van der Waals surface area (Å²) in [4.78, 5) is 37.9. The van der Waals surface area contributed by atoms with Crippen molar-refractivity contribution in [3.8, 4) is 0 Å². The predicted molar refractivity (Wildman–Crippen MR) is 180 cm³/mol. The van der Waals surface area contributed by atoms with Gasteiger partial charge in [0.25, 0.3) is 0 Å². The minimum absolute atomic E-state index is 0. The van der Waals surface area contributed by atoms with E-state index in [2.05, 4.69) is 50.2 Å². The quantitative estimate of drug-likeness (QED) is 0.141. The van der Waals surface area contributed by atoms with Gasteiger partial charge in [-0.2, -0.15) is 0 Å². The van der Waals surface area contributed by atoms with Gasteiger partial charge in [0.15, 0.2) is 0 Å². The van der Waals surface area contributed by atoms with Crippen LogP contribution in [0.25, 0.3) is 6.08 Å². The third-order valence-electron chi connectivity index (χ3n) is 6.80. The second-order valence-corrected chi connectivity index (χ2v) is 10.9. The first-order valence-corrected chi connectivity index (χ1v) is 15.2. The fourth-order valence-electron chi connectivity index (χ4n) is 4.31. The second kappa shape index (κ2) is 28.0. The van der Waals surface area contributed by atoms with Gasteiger partial charge in [0.2, 0.25) is 6.41 Å². The van der Waals surface area contributed by atoms with Crippen molar-refractivity contribution in [3.63, 3.8) is 0 Å². The van der Waals surface area contributed by atoms with Gasteiger partial charge in [-0.1, -0.05) is 24.4 Å². The molecule has 1 aliphatic rings. The number of aldehydes is 1. The molecule has 2 aromatic heterocycles. The topological polar surface area (TPSA) is 156 Å². The van der Waals surface area contributed by atoms with Crippen LogP contribution in [0.3, 0.4) is 0 Å². The van der Waals surface area contributed by atoms with Crippen LogP contribution in [0.4, 0.5) is 0 Å². The number of hydrogen-bond donors (Lipinski definition) is 3. The Balaban J connectivity index is 0. The SMILES string of the molecule is C=C(C(NC)c1cccnc1)N1CCCC1.C=Cc1cc(C)on1.CC(C)NC=O.CNCCC(C=O)CC(C(C)=O)N(C)[O-].[K+]. The van der Waals surface area contributed by atoms with Crippen molar-refractivity contribution in [1.29, 1.82) is 0 Å². The number of carbonyl (C=O) groups excluding carboxylic acids is 3. The molecule has 2 aromatic rings. The molecule has 3 heterocycles. The Morgan fingerprint density at radius 2 is 1.89 bits per heavy atom. The number of nitrogens with zero attached hydrogens (tertiary/aromatic N) is 4. The van der Waals surface area contributed by atoms with Gasteiger partial charge in [-0.25, -0.2) is 0 Å². The molecule has 1 fully saturated rings. The van der Waals surface area contributed by atoms with Crippen LogP contribution in [-0.2, 0) is 14.4 Å². The number of rotatable bonds is 15. The number of hydroxylamine groups is 2. The van der Waals surface area contributed by atoms with E-state index in [-0.39, 0.29) is 75.2 Å². The van der Waals surface area contributed by atoms with Crippen molar-refractivity contribution >= 4 is 24.6 Å². The first kappa shape index (κ1) is 46.0. The molecular weight excluding hydrogens is 614 g/mol. The van der Waals surface area contributed by atoms with Crippen molar-refractivity contribution < 1.29 is 70.3 Å². The average molecular weight is 668 g/mol. The summed E-state index contributed by atoms with van der Waals surface area (Å²) in [5, 5.41) is 24.1. The number of amides is 1. The van der Waals surface area contributed by atoms with Crippen molar-refractivity contribution in [2.24, 2.45) is 5.92 Å². The Bertz CT molecular complexity index is 1110. The Kier molecular flexibility index (Phi) is 28.0. The van der Waals surface area contributed by atoms with Gasteiger partial charge in [-0.3, -0.25) is 14.6 Å². The Labute approximate surface area is 318 Å². The van der Waals surface area contributed by atoms with Crippen molar-refractivity contribution in [3.05, 3.63) is 71.7 Å². The van der Waals surface area contributed by atoms with E-state index in [1.807, 2.05) is 46.1 Å². The van der Waals surface area contributed by atoms with Crippen molar-refractivity contribution in [2.75, 3.05) is 40.8 Å². The third kappa shape index (κ3) is 20.2. The number of aryl methyl sites for hydroxylation is 1. The summed E-state index contributed by atoms with van der Waals surface area (Å²) in [6.45, 7) is 17.8. The molecular formula is C33H54KN7O5. The molecule has 0 spiro atoms. The molecule has 3 unspecified atom stereocenters. The molecule has 1 aliphatic heterocycles. The van der Waals surface area contributed by atoms with Gasteiger partial charge in [0, 0.05) is 49.2 Å². The van der Waals surface area contributed by atoms with Crippen LogP contribution >= 0.6 is 0 Å². The van der Waals surface area contributed by atoms with E-state index >= 15 is 0 Å². The van der Waals surface area contributed by atoms with Crippen LogP contribution in [0.5, 0.6) is 0 Å². The predicted octanol–water partition coefficient (Wildman–Crippen LogP) is 0.911. The number of hydrogen-bond acceptors (Lipinski definition) is 11. The minimum atomic E-state index is -0.697. The molecule has 46 heavy (non-hydrogen) atoms. The van der Waals surface area contributed by atoms with E-state index < -0.39 is 6.04 Å². The van der Waals surface area contributed by atoms with Crippen LogP contribution in [-0.4, -0.2) is 91.4 Å². The fourth-order valence-corrected chi connectivity index (χ4v) is 4.31. The summed E-state index contributed by atoms with van der Waals surface area (Å²) in [6, 6.07) is 5.66. The summed E-state index contributed by atoms with van der Waals surface area (Å²) < 4.78 is 4.73. The summed E-state index contributed by atoms with van der Waals surface area (Å²) >= 11 is 0. The molecule has 13 heteroatoms. The molecule has 1 saturated heterocycles. The molecule has 0 radical (unpaired) electrons. The number of likely N-dealkylation sites (tertiary alicyclic amines) is 1. The van der Waals surface area contributed by atoms with E-state index in [4.69, 9.17) is 4.52 Å². The first-order chi connectivity index (χ1) is 21.4. The van der Waals surface area contributed by atoms with Gasteiger partial charge < -0.3 is 40.4 Å². The van der Waals surface area contributed by atoms with Crippen LogP contribution < -0.4 is 67.3 Å². The summed E-state index contributed by atoms with van der Waals surface area (Å²) in [5.41, 5.74) is 3.14. The molecule has 0 aromatic carbocycles. The van der Waals surface area contributed by atoms with E-state index in [0.717, 1.165) is 36.5 Å². The first-order valence-electron chi connectivity index (χ1n) is 15.2. The largest absolute Gasteiger partial charge is 1.00 e. The zero-order chi connectivity index (χ0) is 34.2. The number of ketones is 1. The Morgan fingerprint density at radius 3 is 2.24 bits per heavy atom. The van der Waals surface area contributed by atoms with Crippen LogP contribution in [0.2, 0.25) is 0 Å². The van der Waals surface area contributed by atoms with Crippen LogP contribution in [0.15, 0.2) is 54.0 Å². The number of Topliss-reactive ketones (excluding diaryl/α,β-unsaturated/α-hetero) is 1. The van der Waals surface area contributed by atoms with E-state index in [1.165, 1.54) is 32.4 Å². The van der Waals surface area contributed by atoms with Crippen molar-refractivity contribution in [2.45, 2.75) is 71.5 Å². The van der Waals surface area contributed by atoms with E-state index in [0.29, 0.717) is 30.9 Å². The number of likely N-dealkylation sites (N-methyl/N-ethyl adjacent to an activating group) is 2. The van der Waals surface area contributed by atoms with Gasteiger partial charge in [0.05, 0.1) is 12.1 Å². The summed E-state index contributed by atoms with van der Waals surface area (Å²) in [7, 11) is 5.08. The molecule has 1 amide bonds. The Hall–Kier alpha value is -2.07. The molecule has 0 aliphatic carbocycles. The number of carbonyl (C=O) groups is 3. The smallest absolute Gasteiger partial charge is 0.785 e. The molecule has 0 bridgehead atoms. The second-order valence-electron chi connectivity index (χ2n) is 10.9. The third-order valence-corrected chi connectivity index (χ3v) is 6.80. The van der Waals surface area contributed by atoms with Crippen molar-refractivity contribution in [1.82, 2.24) is 36.1 Å². The molecule has 252 valence electrons. The Morgan fingerprint density at radius 1 is 1.24 bits per heavy atom. The molecule has 12 nitrogen and oxygen atoms in total. The summed E-state index contributed by atoms with van der Waals surface area (Å²) in [5.74, 6) is 0.395. The average Bonchev–Trinajstić information content (AvgIpc) is 3.71. The summed E-state index contributed by atoms with van der Waals surface area (Å²) in [6.07, 6.45) is 10.4. The van der Waals surface area contributed by atoms with Crippen LogP contribution in [0, 0.1) is 18.0 Å². The van der Waals surface area contributed by atoms with Gasteiger partial charge in [-0.15, -0.1) is 0 Å². The normalized spacial score (nSPS) is 13.7. The number of pyridine rings is 1. The monoisotopic (exact) mass is 667 g/mol. The minimum Gasteiger partial charge on any atom is -0.785 e. The maximum atomic E-state index is 11.1. The molecule has 0 saturated carbocycles. The number of nitrogens with one attached hydrogen (secondary N) is 3. The molecule has 3 rings (SSSR count). The van der Waals surface area contributed by atoms with Crippen LogP contribution in [0.1, 0.15) is 69.5 Å². The molecule has 3 N–H and O–H groups in total. The maximum Gasteiger partial charge on any atom is 1.00 e. The maximum absolute atomic E-state index is 11.1. The standard InChI is InChI=1S/C13H19N3.C10H19N2O3.C6H7NO.C4H9NO.K/c1-11(16-8-3-4-9-16)13(14-2)12-6-5-7-15-10-12;1-8(14)10(12(3)15)6-9(7-13)4-5-11-2;1-3-6-4-5(2)8-7-6;1-4(2)5-3-6;/h5-7,10,13-14H,1,3-4,8-9H2,2H3;7,9-11H,4-6H2,1-3H3;3-4H,1H2,2H3;3-4H,1-2H3,(H,5,6);/q;-1;;;+1. The molecule has 3 atom stereocenters. The van der Waals surface area contributed by atoms with Gasteiger partial charge >= 0.3 is 51.4 Å². The zero-order valence-corrected chi connectivity index (χ0v) is 32.2. The zero-order valence-electron chi connectivity index (χ0n) is 29.1. The fraction of sp³-hybridized carbons (Fsp3) is 0.545. The van der Waals surface area contributed by atoms with E-state index in [9.17, 15) is 19.6 Å². The van der Waals surface area contributed by atoms with E-state index in [1.54, 1.807) is 19.3 Å².